The fourth-order valence-corrected chi connectivity index (χ4v) is 9.14. The van der Waals surface area contributed by atoms with Crippen molar-refractivity contribution in [3.63, 3.8) is 0 Å². The van der Waals surface area contributed by atoms with Gasteiger partial charge in [0, 0.05) is 6.42 Å². The van der Waals surface area contributed by atoms with Crippen molar-refractivity contribution in [2.45, 2.75) is 341 Å². The van der Waals surface area contributed by atoms with E-state index >= 15 is 0 Å². The molecule has 6 heteroatoms. The molecule has 0 aromatic heterocycles. The van der Waals surface area contributed by atoms with Gasteiger partial charge in [0.15, 0.2) is 0 Å². The van der Waals surface area contributed by atoms with Gasteiger partial charge in [0.1, 0.15) is 6.10 Å². The molecule has 3 N–H and O–H groups in total. The fraction of sp³-hybridized carbons (Fsp3) is 0.964. The molecule has 370 valence electrons. The lowest BCUT2D eigenvalue weighted by Crippen LogP contribution is -2.46. The number of hydrogen-bond donors (Lipinski definition) is 3. The fourth-order valence-electron chi connectivity index (χ4n) is 9.14. The van der Waals surface area contributed by atoms with Crippen LogP contribution in [0.1, 0.15) is 323 Å². The summed E-state index contributed by atoms with van der Waals surface area (Å²) in [6, 6.07) is -0.692. The number of carbonyl (C=O) groups is 2. The first-order valence-corrected chi connectivity index (χ1v) is 28.3. The number of aliphatic hydroxyl groups is 2. The predicted molar refractivity (Wildman–Crippen MR) is 269 cm³/mol. The molecule has 1 amide bonds. The molecular weight excluding hydrogens is 767 g/mol. The van der Waals surface area contributed by atoms with E-state index in [4.69, 9.17) is 4.74 Å². The van der Waals surface area contributed by atoms with Gasteiger partial charge in [0.05, 0.1) is 25.2 Å². The number of rotatable bonds is 52. The van der Waals surface area contributed by atoms with Gasteiger partial charge in [-0.3, -0.25) is 9.59 Å². The van der Waals surface area contributed by atoms with Gasteiger partial charge >= 0.3 is 5.97 Å². The second kappa shape index (κ2) is 50.9. The molecule has 6 nitrogen and oxygen atoms in total. The van der Waals surface area contributed by atoms with Crippen LogP contribution in [0.25, 0.3) is 0 Å². The first-order valence-electron chi connectivity index (χ1n) is 28.3. The smallest absolute Gasteiger partial charge is 0.306 e. The summed E-state index contributed by atoms with van der Waals surface area (Å²) < 4.78 is 5.95. The molecule has 0 saturated heterocycles. The number of amides is 1. The highest BCUT2D eigenvalue weighted by atomic mass is 16.5. The number of nitrogens with one attached hydrogen (secondary N) is 1. The van der Waals surface area contributed by atoms with E-state index in [0.29, 0.717) is 19.3 Å². The average molecular weight is 879 g/mol. The van der Waals surface area contributed by atoms with Crippen LogP contribution in [-0.4, -0.2) is 46.9 Å². The van der Waals surface area contributed by atoms with Gasteiger partial charge in [-0.15, -0.1) is 0 Å². The lowest BCUT2D eigenvalue weighted by Gasteiger charge is -2.24. The van der Waals surface area contributed by atoms with Gasteiger partial charge in [0.2, 0.25) is 5.91 Å². The molecular formula is C56H111NO5. The summed E-state index contributed by atoms with van der Waals surface area (Å²) >= 11 is 0. The Morgan fingerprint density at radius 3 is 0.984 bits per heavy atom. The van der Waals surface area contributed by atoms with Gasteiger partial charge in [0.25, 0.3) is 0 Å². The molecule has 3 atom stereocenters. The zero-order chi connectivity index (χ0) is 45.2. The molecule has 0 saturated carbocycles. The number of ether oxygens (including phenoxy) is 1. The average Bonchev–Trinajstić information content (AvgIpc) is 3.26. The topological polar surface area (TPSA) is 95.9 Å². The van der Waals surface area contributed by atoms with Crippen LogP contribution < -0.4 is 5.32 Å². The van der Waals surface area contributed by atoms with Crippen molar-refractivity contribution in [3.05, 3.63) is 0 Å². The Kier molecular flexibility index (Phi) is 49.9. The summed E-state index contributed by atoms with van der Waals surface area (Å²) in [4.78, 5) is 26.2. The molecule has 3 unspecified atom stereocenters. The van der Waals surface area contributed by atoms with Crippen molar-refractivity contribution < 1.29 is 24.5 Å². The summed E-state index contributed by atoms with van der Waals surface area (Å²) in [5, 5.41) is 23.9. The van der Waals surface area contributed by atoms with Crippen LogP contribution >= 0.6 is 0 Å². The van der Waals surface area contributed by atoms with E-state index in [9.17, 15) is 19.8 Å². The van der Waals surface area contributed by atoms with Crippen molar-refractivity contribution >= 4 is 11.9 Å². The van der Waals surface area contributed by atoms with Crippen LogP contribution in [0.3, 0.4) is 0 Å². The van der Waals surface area contributed by atoms with Crippen LogP contribution in [0, 0.1) is 0 Å². The largest absolute Gasteiger partial charge is 0.462 e. The highest BCUT2D eigenvalue weighted by Gasteiger charge is 2.24. The van der Waals surface area contributed by atoms with Crippen molar-refractivity contribution in [2.24, 2.45) is 0 Å². The van der Waals surface area contributed by atoms with E-state index in [2.05, 4.69) is 26.1 Å². The van der Waals surface area contributed by atoms with Gasteiger partial charge in [-0.25, -0.2) is 0 Å². The molecule has 0 radical (unpaired) electrons. The van der Waals surface area contributed by atoms with Crippen molar-refractivity contribution in [3.8, 4) is 0 Å². The molecule has 0 aromatic carbocycles. The van der Waals surface area contributed by atoms with Crippen molar-refractivity contribution in [1.82, 2.24) is 5.32 Å². The van der Waals surface area contributed by atoms with Crippen LogP contribution in [0.2, 0.25) is 0 Å². The summed E-state index contributed by atoms with van der Waals surface area (Å²) in [6.45, 7) is 6.52. The van der Waals surface area contributed by atoms with Gasteiger partial charge in [-0.2, -0.15) is 0 Å². The Morgan fingerprint density at radius 2 is 0.677 bits per heavy atom. The summed E-state index contributed by atoms with van der Waals surface area (Å²) in [5.41, 5.74) is 0. The van der Waals surface area contributed by atoms with Gasteiger partial charge < -0.3 is 20.3 Å². The van der Waals surface area contributed by atoms with Crippen molar-refractivity contribution in [1.29, 1.82) is 0 Å². The van der Waals surface area contributed by atoms with Crippen LogP contribution in [0.5, 0.6) is 0 Å². The Bertz CT molecular complexity index is 898. The summed E-state index contributed by atoms with van der Waals surface area (Å²) in [6.07, 6.45) is 56.0. The second-order valence-corrected chi connectivity index (χ2v) is 19.7. The molecule has 0 aliphatic carbocycles. The number of unbranched alkanes of at least 4 members (excludes halogenated alkanes) is 40. The van der Waals surface area contributed by atoms with E-state index in [0.717, 1.165) is 44.9 Å². The molecule has 0 rings (SSSR count). The van der Waals surface area contributed by atoms with Gasteiger partial charge in [-0.1, -0.05) is 284 Å². The van der Waals surface area contributed by atoms with Crippen LogP contribution in [0.15, 0.2) is 0 Å². The first-order chi connectivity index (χ1) is 30.5. The molecule has 62 heavy (non-hydrogen) atoms. The number of esters is 1. The monoisotopic (exact) mass is 878 g/mol. The Balaban J connectivity index is 4.42. The standard InChI is InChI=1S/C56H111NO5/c1-4-7-10-13-16-19-22-24-26-28-30-32-34-36-39-42-45-48-54(59)53(51-58)57-55(60)50-52(62-56(61)49-46-43-40-37-21-18-15-12-9-6-3)47-44-41-38-35-33-31-29-27-25-23-20-17-14-11-8-5-2/h52-54,58-59H,4-51H2,1-3H3,(H,57,60). The molecule has 0 bridgehead atoms. The molecule has 0 aromatic rings. The highest BCUT2D eigenvalue weighted by molar-refractivity contribution is 5.77. The molecule has 0 heterocycles. The SMILES string of the molecule is CCCCCCCCCCCCCCCCCCCC(O)C(CO)NC(=O)CC(CCCCCCCCCCCCCCCCCC)OC(=O)CCCCCCCCCCCC. The van der Waals surface area contributed by atoms with E-state index in [-0.39, 0.29) is 24.9 Å². The van der Waals surface area contributed by atoms with E-state index < -0.39 is 18.2 Å². The zero-order valence-corrected chi connectivity index (χ0v) is 42.3. The number of hydrogen-bond acceptors (Lipinski definition) is 5. The summed E-state index contributed by atoms with van der Waals surface area (Å²) in [5.74, 6) is -0.449. The minimum atomic E-state index is -0.780. The number of aliphatic hydroxyl groups excluding tert-OH is 2. The maximum Gasteiger partial charge on any atom is 0.306 e. The first kappa shape index (κ1) is 60.9. The minimum absolute atomic E-state index is 0.0882. The molecule has 0 spiro atoms. The maximum atomic E-state index is 13.2. The highest BCUT2D eigenvalue weighted by Crippen LogP contribution is 2.19. The maximum absolute atomic E-state index is 13.2. The Labute approximate surface area is 387 Å². The Morgan fingerprint density at radius 1 is 0.403 bits per heavy atom. The van der Waals surface area contributed by atoms with Crippen LogP contribution in [0.4, 0.5) is 0 Å². The lowest BCUT2D eigenvalue weighted by molar-refractivity contribution is -0.151. The third-order valence-electron chi connectivity index (χ3n) is 13.4. The van der Waals surface area contributed by atoms with Crippen molar-refractivity contribution in [2.75, 3.05) is 6.61 Å². The predicted octanol–water partition coefficient (Wildman–Crippen LogP) is 17.1. The van der Waals surface area contributed by atoms with Gasteiger partial charge in [-0.05, 0) is 25.7 Å². The second-order valence-electron chi connectivity index (χ2n) is 19.7. The quantitative estimate of drug-likeness (QED) is 0.0418. The Hall–Kier alpha value is -1.14. The van der Waals surface area contributed by atoms with E-state index in [1.807, 2.05) is 0 Å². The minimum Gasteiger partial charge on any atom is -0.462 e. The van der Waals surface area contributed by atoms with E-state index in [1.165, 1.54) is 231 Å². The lowest BCUT2D eigenvalue weighted by atomic mass is 10.0. The number of carbonyl (C=O) groups excluding carboxylic acids is 2. The van der Waals surface area contributed by atoms with Crippen LogP contribution in [-0.2, 0) is 14.3 Å². The van der Waals surface area contributed by atoms with E-state index in [1.54, 1.807) is 0 Å². The zero-order valence-electron chi connectivity index (χ0n) is 42.3. The normalized spacial score (nSPS) is 13.0. The molecule has 0 fully saturated rings. The molecule has 0 aliphatic rings. The molecule has 0 aliphatic heterocycles. The third kappa shape index (κ3) is 45.4. The third-order valence-corrected chi connectivity index (χ3v) is 13.4. The summed E-state index contributed by atoms with van der Waals surface area (Å²) in [7, 11) is 0.